The van der Waals surface area contributed by atoms with Crippen LogP contribution in [0.4, 0.5) is 0 Å². The van der Waals surface area contributed by atoms with Crippen LogP contribution in [0, 0.1) is 0 Å². The van der Waals surface area contributed by atoms with Crippen LogP contribution in [0.25, 0.3) is 10.9 Å². The molecule has 1 aromatic heterocycles. The van der Waals surface area contributed by atoms with Crippen LogP contribution in [0.3, 0.4) is 0 Å². The van der Waals surface area contributed by atoms with E-state index in [4.69, 9.17) is 11.6 Å². The lowest BCUT2D eigenvalue weighted by molar-refractivity contribution is 0.112. The van der Waals surface area contributed by atoms with Gasteiger partial charge in [0, 0.05) is 26.7 Å². The second-order valence-corrected chi connectivity index (χ2v) is 5.07. The molecule has 0 radical (unpaired) electrons. The maximum Gasteiger partial charge on any atom is 0.152 e. The summed E-state index contributed by atoms with van der Waals surface area (Å²) in [6, 6.07) is 5.49. The molecule has 0 saturated carbocycles. The number of hydrogen-bond acceptors (Lipinski definition) is 1. The van der Waals surface area contributed by atoms with Crippen molar-refractivity contribution in [3.05, 3.63) is 46.0 Å². The summed E-state index contributed by atoms with van der Waals surface area (Å²) in [6.45, 7) is 4.41. The van der Waals surface area contributed by atoms with Gasteiger partial charge in [-0.25, -0.2) is 0 Å². The maximum absolute atomic E-state index is 10.9. The third kappa shape index (κ3) is 2.06. The van der Waals surface area contributed by atoms with E-state index in [0.717, 1.165) is 21.7 Å². The lowest BCUT2D eigenvalue weighted by atomic mass is 10.2. The number of aldehydes is 1. The number of carbonyl (C=O) groups is 1. The normalized spacial score (nSPS) is 10.6. The standard InChI is InChI=1S/C12H9BrClNO/c1-8(13)5-15-6-9(7-16)11-3-2-10(14)4-12(11)15/h2-4,6-7H,1,5H2. The summed E-state index contributed by atoms with van der Waals surface area (Å²) in [5.41, 5.74) is 1.61. The quantitative estimate of drug-likeness (QED) is 0.785. The van der Waals surface area contributed by atoms with E-state index in [2.05, 4.69) is 22.5 Å². The second-order valence-electron chi connectivity index (χ2n) is 3.51. The number of fused-ring (bicyclic) bond motifs is 1. The Kier molecular flexibility index (Phi) is 3.17. The van der Waals surface area contributed by atoms with Gasteiger partial charge in [-0.15, -0.1) is 0 Å². The predicted molar refractivity (Wildman–Crippen MR) is 70.4 cm³/mol. The molecule has 0 amide bonds. The van der Waals surface area contributed by atoms with Crippen molar-refractivity contribution in [3.8, 4) is 0 Å². The first-order valence-corrected chi connectivity index (χ1v) is 5.86. The molecular formula is C12H9BrClNO. The Morgan fingerprint density at radius 2 is 2.31 bits per heavy atom. The zero-order valence-corrected chi connectivity index (χ0v) is 10.8. The molecule has 4 heteroatoms. The number of halogens is 2. The van der Waals surface area contributed by atoms with E-state index in [1.165, 1.54) is 0 Å². The molecule has 0 N–H and O–H groups in total. The fourth-order valence-electron chi connectivity index (χ4n) is 1.70. The number of benzene rings is 1. The monoisotopic (exact) mass is 297 g/mol. The smallest absolute Gasteiger partial charge is 0.152 e. The Bertz CT molecular complexity index is 574. The van der Waals surface area contributed by atoms with Crippen molar-refractivity contribution in [3.63, 3.8) is 0 Å². The molecule has 2 aromatic rings. The van der Waals surface area contributed by atoms with Gasteiger partial charge in [-0.3, -0.25) is 4.79 Å². The first kappa shape index (κ1) is 11.4. The summed E-state index contributed by atoms with van der Waals surface area (Å²) < 4.78 is 2.80. The van der Waals surface area contributed by atoms with Crippen molar-refractivity contribution >= 4 is 44.7 Å². The number of carbonyl (C=O) groups excluding carboxylic acids is 1. The van der Waals surface area contributed by atoms with Crippen LogP contribution >= 0.6 is 27.5 Å². The van der Waals surface area contributed by atoms with E-state index in [1.807, 2.05) is 16.7 Å². The minimum Gasteiger partial charge on any atom is -0.342 e. The molecule has 0 aliphatic carbocycles. The number of hydrogen-bond donors (Lipinski definition) is 0. The van der Waals surface area contributed by atoms with E-state index >= 15 is 0 Å². The van der Waals surface area contributed by atoms with Crippen LogP contribution in [-0.4, -0.2) is 10.9 Å². The number of rotatable bonds is 3. The molecular weight excluding hydrogens is 289 g/mol. The Morgan fingerprint density at radius 3 is 2.94 bits per heavy atom. The lowest BCUT2D eigenvalue weighted by Crippen LogP contribution is -1.94. The molecule has 1 heterocycles. The SMILES string of the molecule is C=C(Br)Cn1cc(C=O)c2ccc(Cl)cc21. The highest BCUT2D eigenvalue weighted by Gasteiger charge is 2.08. The molecule has 0 fully saturated rings. The van der Waals surface area contributed by atoms with Gasteiger partial charge >= 0.3 is 0 Å². The Morgan fingerprint density at radius 1 is 1.56 bits per heavy atom. The molecule has 2 rings (SSSR count). The van der Waals surface area contributed by atoms with E-state index in [-0.39, 0.29) is 0 Å². The number of nitrogens with zero attached hydrogens (tertiary/aromatic N) is 1. The molecule has 0 saturated heterocycles. The van der Waals surface area contributed by atoms with Crippen LogP contribution in [0.15, 0.2) is 35.5 Å². The molecule has 0 bridgehead atoms. The highest BCUT2D eigenvalue weighted by atomic mass is 79.9. The Hall–Kier alpha value is -1.06. The van der Waals surface area contributed by atoms with Gasteiger partial charge in [-0.1, -0.05) is 40.2 Å². The average molecular weight is 299 g/mol. The van der Waals surface area contributed by atoms with E-state index in [9.17, 15) is 4.79 Å². The summed E-state index contributed by atoms with van der Waals surface area (Å²) in [5.74, 6) is 0. The van der Waals surface area contributed by atoms with Crippen molar-refractivity contribution in [1.82, 2.24) is 4.57 Å². The fraction of sp³-hybridized carbons (Fsp3) is 0.0833. The van der Waals surface area contributed by atoms with E-state index < -0.39 is 0 Å². The minimum absolute atomic E-state index is 0.616. The fourth-order valence-corrected chi connectivity index (χ4v) is 2.14. The second kappa shape index (κ2) is 4.44. The molecule has 0 aliphatic rings. The van der Waals surface area contributed by atoms with Crippen molar-refractivity contribution in [2.45, 2.75) is 6.54 Å². The van der Waals surface area contributed by atoms with Crippen LogP contribution in [0.5, 0.6) is 0 Å². The topological polar surface area (TPSA) is 22.0 Å². The third-order valence-corrected chi connectivity index (χ3v) is 2.83. The van der Waals surface area contributed by atoms with Crippen LogP contribution < -0.4 is 0 Å². The van der Waals surface area contributed by atoms with Gasteiger partial charge in [0.1, 0.15) is 0 Å². The zero-order valence-electron chi connectivity index (χ0n) is 8.41. The predicted octanol–water partition coefficient (Wildman–Crippen LogP) is 4.02. The number of aromatic nitrogens is 1. The van der Waals surface area contributed by atoms with E-state index in [0.29, 0.717) is 17.1 Å². The molecule has 1 aromatic carbocycles. The summed E-state index contributed by atoms with van der Waals surface area (Å²) in [7, 11) is 0. The first-order chi connectivity index (χ1) is 7.61. The molecule has 0 atom stereocenters. The Labute approximate surface area is 107 Å². The molecule has 2 nitrogen and oxygen atoms in total. The van der Waals surface area contributed by atoms with Crippen molar-refractivity contribution < 1.29 is 4.79 Å². The Balaban J connectivity index is 2.68. The van der Waals surface area contributed by atoms with Crippen LogP contribution in [-0.2, 0) is 6.54 Å². The van der Waals surface area contributed by atoms with E-state index in [1.54, 1.807) is 12.3 Å². The van der Waals surface area contributed by atoms with Gasteiger partial charge in [0.25, 0.3) is 0 Å². The summed E-state index contributed by atoms with van der Waals surface area (Å²) in [5, 5.41) is 1.57. The van der Waals surface area contributed by atoms with Crippen LogP contribution in [0.1, 0.15) is 10.4 Å². The third-order valence-electron chi connectivity index (χ3n) is 2.34. The summed E-state index contributed by atoms with van der Waals surface area (Å²) in [6.07, 6.45) is 2.66. The van der Waals surface area contributed by atoms with Gasteiger partial charge in [-0.05, 0) is 12.1 Å². The molecule has 0 unspecified atom stereocenters. The van der Waals surface area contributed by atoms with Gasteiger partial charge in [0.05, 0.1) is 12.1 Å². The largest absolute Gasteiger partial charge is 0.342 e. The zero-order chi connectivity index (χ0) is 11.7. The van der Waals surface area contributed by atoms with Crippen LogP contribution in [0.2, 0.25) is 5.02 Å². The molecule has 0 aliphatic heterocycles. The summed E-state index contributed by atoms with van der Waals surface area (Å²) in [4.78, 5) is 10.9. The molecule has 82 valence electrons. The molecule has 16 heavy (non-hydrogen) atoms. The molecule has 0 spiro atoms. The van der Waals surface area contributed by atoms with Gasteiger partial charge in [0.2, 0.25) is 0 Å². The minimum atomic E-state index is 0.616. The first-order valence-electron chi connectivity index (χ1n) is 4.68. The van der Waals surface area contributed by atoms with Crippen molar-refractivity contribution in [2.75, 3.05) is 0 Å². The highest BCUT2D eigenvalue weighted by molar-refractivity contribution is 9.11. The van der Waals surface area contributed by atoms with Gasteiger partial charge in [0.15, 0.2) is 6.29 Å². The average Bonchev–Trinajstić information content (AvgIpc) is 2.55. The number of allylic oxidation sites excluding steroid dienone is 1. The summed E-state index contributed by atoms with van der Waals surface area (Å²) >= 11 is 9.25. The maximum atomic E-state index is 10.9. The highest BCUT2D eigenvalue weighted by Crippen LogP contribution is 2.25. The van der Waals surface area contributed by atoms with Gasteiger partial charge in [-0.2, -0.15) is 0 Å². The van der Waals surface area contributed by atoms with Crippen molar-refractivity contribution in [1.29, 1.82) is 0 Å². The lowest BCUT2D eigenvalue weighted by Gasteiger charge is -2.03. The van der Waals surface area contributed by atoms with Gasteiger partial charge < -0.3 is 4.57 Å². The van der Waals surface area contributed by atoms with Crippen molar-refractivity contribution in [2.24, 2.45) is 0 Å².